The lowest BCUT2D eigenvalue weighted by Gasteiger charge is -2.15. The molecule has 55 heavy (non-hydrogen) atoms. The minimum atomic E-state index is 0.587. The molecule has 0 amide bonds. The molecule has 0 bridgehead atoms. The van der Waals surface area contributed by atoms with Gasteiger partial charge in [0.05, 0.1) is 0 Å². The number of nitrogens with zero attached hydrogens (tertiary/aromatic N) is 3. The third-order valence-electron chi connectivity index (χ3n) is 10.7. The molecule has 11 rings (SSSR count). The van der Waals surface area contributed by atoms with Crippen LogP contribution >= 0.6 is 0 Å². The molecular formula is C51H31N3O. The van der Waals surface area contributed by atoms with Crippen LogP contribution in [0.1, 0.15) is 0 Å². The Morgan fingerprint density at radius 2 is 0.855 bits per heavy atom. The number of fused-ring (bicyclic) bond motifs is 8. The van der Waals surface area contributed by atoms with Gasteiger partial charge in [-0.05, 0) is 72.8 Å². The third-order valence-corrected chi connectivity index (χ3v) is 10.7. The fourth-order valence-electron chi connectivity index (χ4n) is 8.17. The van der Waals surface area contributed by atoms with Gasteiger partial charge in [0.1, 0.15) is 11.2 Å². The summed E-state index contributed by atoms with van der Waals surface area (Å²) in [6.07, 6.45) is 0. The van der Waals surface area contributed by atoms with E-state index in [-0.39, 0.29) is 0 Å². The Morgan fingerprint density at radius 3 is 1.69 bits per heavy atom. The molecule has 0 radical (unpaired) electrons. The first-order valence-corrected chi connectivity index (χ1v) is 18.5. The molecule has 2 aromatic heterocycles. The molecular weight excluding hydrogens is 671 g/mol. The van der Waals surface area contributed by atoms with Crippen molar-refractivity contribution in [2.45, 2.75) is 0 Å². The van der Waals surface area contributed by atoms with E-state index in [0.29, 0.717) is 17.5 Å². The molecule has 9 aromatic carbocycles. The van der Waals surface area contributed by atoms with Crippen molar-refractivity contribution in [2.75, 3.05) is 0 Å². The van der Waals surface area contributed by atoms with Crippen LogP contribution in [0.5, 0.6) is 0 Å². The molecule has 0 fully saturated rings. The number of rotatable bonds is 5. The van der Waals surface area contributed by atoms with Crippen LogP contribution in [0, 0.1) is 0 Å². The smallest absolute Gasteiger partial charge is 0.164 e. The highest BCUT2D eigenvalue weighted by Crippen LogP contribution is 2.42. The SMILES string of the molecule is c1ccc(-c2cc(-c3nc(-c4ccccc4)nc(-c4ccccc4-c4cccc5c4ccc4c6ccccc6ccc54)n3)c3c(c2)oc2ccccc23)cc1. The minimum Gasteiger partial charge on any atom is -0.456 e. The molecule has 4 heteroatoms. The molecule has 0 saturated heterocycles. The lowest BCUT2D eigenvalue weighted by molar-refractivity contribution is 0.669. The van der Waals surface area contributed by atoms with E-state index < -0.39 is 0 Å². The Balaban J connectivity index is 1.17. The molecule has 4 nitrogen and oxygen atoms in total. The second kappa shape index (κ2) is 12.6. The predicted octanol–water partition coefficient (Wildman–Crippen LogP) is 13.6. The van der Waals surface area contributed by atoms with Crippen LogP contribution in [0.2, 0.25) is 0 Å². The minimum absolute atomic E-state index is 0.587. The first-order valence-electron chi connectivity index (χ1n) is 18.5. The maximum absolute atomic E-state index is 6.51. The Bertz CT molecular complexity index is 3260. The summed E-state index contributed by atoms with van der Waals surface area (Å²) in [7, 11) is 0. The molecule has 11 aromatic rings. The highest BCUT2D eigenvalue weighted by atomic mass is 16.3. The summed E-state index contributed by atoms with van der Waals surface area (Å²) in [5.41, 5.74) is 8.65. The highest BCUT2D eigenvalue weighted by molar-refractivity contribution is 6.20. The summed E-state index contributed by atoms with van der Waals surface area (Å²) in [6, 6.07) is 65.7. The fourth-order valence-corrected chi connectivity index (χ4v) is 8.17. The summed E-state index contributed by atoms with van der Waals surface area (Å²) < 4.78 is 6.51. The molecule has 0 aliphatic rings. The molecule has 0 aliphatic heterocycles. The number of hydrogen-bond acceptors (Lipinski definition) is 4. The maximum Gasteiger partial charge on any atom is 0.164 e. The van der Waals surface area contributed by atoms with Gasteiger partial charge in [0.2, 0.25) is 0 Å². The molecule has 0 atom stereocenters. The van der Waals surface area contributed by atoms with Gasteiger partial charge in [-0.1, -0.05) is 170 Å². The Labute approximate surface area is 317 Å². The van der Waals surface area contributed by atoms with Gasteiger partial charge in [-0.15, -0.1) is 0 Å². The predicted molar refractivity (Wildman–Crippen MR) is 227 cm³/mol. The molecule has 256 valence electrons. The van der Waals surface area contributed by atoms with Gasteiger partial charge in [0, 0.05) is 27.5 Å². The van der Waals surface area contributed by atoms with E-state index in [1.54, 1.807) is 0 Å². The third kappa shape index (κ3) is 5.19. The average Bonchev–Trinajstić information content (AvgIpc) is 3.65. The second-order valence-electron chi connectivity index (χ2n) is 13.9. The lowest BCUT2D eigenvalue weighted by atomic mass is 9.91. The van der Waals surface area contributed by atoms with Crippen LogP contribution in [0.25, 0.3) is 111 Å². The molecule has 0 unspecified atom stereocenters. The first kappa shape index (κ1) is 31.1. The zero-order valence-corrected chi connectivity index (χ0v) is 29.6. The van der Waals surface area contributed by atoms with Gasteiger partial charge in [-0.3, -0.25) is 0 Å². The van der Waals surface area contributed by atoms with Crippen LogP contribution < -0.4 is 0 Å². The van der Waals surface area contributed by atoms with E-state index in [1.807, 2.05) is 42.5 Å². The molecule has 0 aliphatic carbocycles. The standard InChI is InChI=1S/C51H31N3O/c1-3-14-32(15-4-1)35-30-45(48-44-22-11-12-25-46(44)55-47(48)31-35)51-53-49(34-17-5-2-6-18-34)52-50(54-51)43-21-10-9-20-39(43)37-23-13-24-38-41-27-26-33-16-7-8-19-36(33)40(41)28-29-42(37)38/h1-31H. The second-order valence-corrected chi connectivity index (χ2v) is 13.9. The summed E-state index contributed by atoms with van der Waals surface area (Å²) in [5.74, 6) is 1.80. The van der Waals surface area contributed by atoms with E-state index in [0.717, 1.165) is 60.9 Å². The zero-order valence-electron chi connectivity index (χ0n) is 29.6. The van der Waals surface area contributed by atoms with Crippen LogP contribution in [0.15, 0.2) is 192 Å². The van der Waals surface area contributed by atoms with Gasteiger partial charge in [0.15, 0.2) is 17.5 Å². The van der Waals surface area contributed by atoms with Crippen molar-refractivity contribution in [3.8, 4) is 56.4 Å². The van der Waals surface area contributed by atoms with Crippen molar-refractivity contribution in [1.82, 2.24) is 15.0 Å². The van der Waals surface area contributed by atoms with Crippen LogP contribution in [-0.4, -0.2) is 15.0 Å². The largest absolute Gasteiger partial charge is 0.456 e. The number of furan rings is 1. The van der Waals surface area contributed by atoms with E-state index >= 15 is 0 Å². The first-order chi connectivity index (χ1) is 27.3. The van der Waals surface area contributed by atoms with E-state index in [1.165, 1.54) is 32.3 Å². The van der Waals surface area contributed by atoms with Gasteiger partial charge in [-0.2, -0.15) is 0 Å². The number of para-hydroxylation sites is 1. The summed E-state index contributed by atoms with van der Waals surface area (Å²) >= 11 is 0. The maximum atomic E-state index is 6.51. The number of benzene rings is 9. The average molecular weight is 702 g/mol. The van der Waals surface area contributed by atoms with Gasteiger partial charge >= 0.3 is 0 Å². The van der Waals surface area contributed by atoms with Gasteiger partial charge < -0.3 is 4.42 Å². The number of aromatic nitrogens is 3. The zero-order chi connectivity index (χ0) is 36.3. The topological polar surface area (TPSA) is 51.8 Å². The van der Waals surface area contributed by atoms with Crippen molar-refractivity contribution in [3.63, 3.8) is 0 Å². The van der Waals surface area contributed by atoms with Crippen LogP contribution in [0.3, 0.4) is 0 Å². The fraction of sp³-hybridized carbons (Fsp3) is 0. The monoisotopic (exact) mass is 701 g/mol. The normalized spacial score (nSPS) is 11.6. The lowest BCUT2D eigenvalue weighted by Crippen LogP contribution is -2.01. The summed E-state index contributed by atoms with van der Waals surface area (Å²) in [5, 5.41) is 9.38. The van der Waals surface area contributed by atoms with Crippen molar-refractivity contribution >= 4 is 54.3 Å². The van der Waals surface area contributed by atoms with Crippen molar-refractivity contribution in [1.29, 1.82) is 0 Å². The van der Waals surface area contributed by atoms with E-state index in [2.05, 4.69) is 146 Å². The van der Waals surface area contributed by atoms with Crippen molar-refractivity contribution in [2.24, 2.45) is 0 Å². The Kier molecular flexibility index (Phi) is 7.14. The highest BCUT2D eigenvalue weighted by Gasteiger charge is 2.21. The van der Waals surface area contributed by atoms with Crippen LogP contribution in [-0.2, 0) is 0 Å². The molecule has 0 spiro atoms. The Hall–Kier alpha value is -7.43. The Morgan fingerprint density at radius 1 is 0.291 bits per heavy atom. The summed E-state index contributed by atoms with van der Waals surface area (Å²) in [6.45, 7) is 0. The van der Waals surface area contributed by atoms with E-state index in [9.17, 15) is 0 Å². The van der Waals surface area contributed by atoms with E-state index in [4.69, 9.17) is 19.4 Å². The molecule has 2 heterocycles. The van der Waals surface area contributed by atoms with Gasteiger partial charge in [-0.25, -0.2) is 15.0 Å². The van der Waals surface area contributed by atoms with Crippen molar-refractivity contribution < 1.29 is 4.42 Å². The van der Waals surface area contributed by atoms with Gasteiger partial charge in [0.25, 0.3) is 0 Å². The quantitative estimate of drug-likeness (QED) is 0.168. The van der Waals surface area contributed by atoms with Crippen LogP contribution in [0.4, 0.5) is 0 Å². The molecule has 0 saturated carbocycles. The summed E-state index contributed by atoms with van der Waals surface area (Å²) in [4.78, 5) is 15.8. The van der Waals surface area contributed by atoms with Crippen molar-refractivity contribution in [3.05, 3.63) is 188 Å². The number of hydrogen-bond donors (Lipinski definition) is 0. The molecule has 0 N–H and O–H groups in total.